The zero-order chi connectivity index (χ0) is 23.9. The molecule has 4 rings (SSSR count). The minimum Gasteiger partial charge on any atom is -0.452 e. The lowest BCUT2D eigenvalue weighted by Gasteiger charge is -2.05. The van der Waals surface area contributed by atoms with Crippen molar-refractivity contribution >= 4 is 35.2 Å². The summed E-state index contributed by atoms with van der Waals surface area (Å²) in [4.78, 5) is 37.2. The topological polar surface area (TPSA) is 95.2 Å². The largest absolute Gasteiger partial charge is 0.452 e. The molecule has 3 aromatic heterocycles. The fourth-order valence-electron chi connectivity index (χ4n) is 3.28. The van der Waals surface area contributed by atoms with Crippen molar-refractivity contribution in [1.82, 2.24) is 19.7 Å². The number of nitrogens with one attached hydrogen (secondary N) is 1. The Hall–Kier alpha value is -4.24. The van der Waals surface area contributed by atoms with Gasteiger partial charge in [-0.25, -0.2) is 4.79 Å². The minimum atomic E-state index is -0.706. The van der Waals surface area contributed by atoms with Crippen molar-refractivity contribution in [2.75, 3.05) is 6.61 Å². The van der Waals surface area contributed by atoms with Crippen molar-refractivity contribution in [3.05, 3.63) is 95.3 Å². The summed E-state index contributed by atoms with van der Waals surface area (Å²) in [6.45, 7) is 0.0250. The maximum Gasteiger partial charge on any atom is 0.331 e. The number of hydrogen-bond acceptors (Lipinski definition) is 6. The SMILES string of the molecule is Cn1cccc1C(=O)NC(=O)COC(=O)C=Cc1cn(Cc2ccccc2)nc1-c1cccs1. The summed E-state index contributed by atoms with van der Waals surface area (Å²) in [5, 5.41) is 8.84. The van der Waals surface area contributed by atoms with Crippen LogP contribution in [-0.4, -0.2) is 38.7 Å². The average Bonchev–Trinajstić information content (AvgIpc) is 3.58. The summed E-state index contributed by atoms with van der Waals surface area (Å²) in [7, 11) is 1.69. The Morgan fingerprint density at radius 2 is 1.91 bits per heavy atom. The molecule has 1 N–H and O–H groups in total. The molecular formula is C25H22N4O4S. The number of benzene rings is 1. The average molecular weight is 475 g/mol. The second-order valence-electron chi connectivity index (χ2n) is 7.42. The highest BCUT2D eigenvalue weighted by Gasteiger charge is 2.15. The molecule has 0 spiro atoms. The first-order chi connectivity index (χ1) is 16.5. The molecule has 0 aliphatic heterocycles. The highest BCUT2D eigenvalue weighted by Crippen LogP contribution is 2.27. The molecule has 4 aromatic rings. The Labute approximate surface area is 200 Å². The van der Waals surface area contributed by atoms with Crippen LogP contribution in [0.2, 0.25) is 0 Å². The van der Waals surface area contributed by atoms with E-state index >= 15 is 0 Å². The third kappa shape index (κ3) is 5.76. The number of carbonyl (C=O) groups excluding carboxylic acids is 3. The van der Waals surface area contributed by atoms with Gasteiger partial charge in [0.15, 0.2) is 6.61 Å². The number of imide groups is 1. The zero-order valence-electron chi connectivity index (χ0n) is 18.4. The molecule has 0 saturated carbocycles. The molecule has 2 amide bonds. The Morgan fingerprint density at radius 3 is 2.62 bits per heavy atom. The second-order valence-corrected chi connectivity index (χ2v) is 8.36. The van der Waals surface area contributed by atoms with Crippen molar-refractivity contribution in [3.8, 4) is 10.6 Å². The van der Waals surface area contributed by atoms with Crippen LogP contribution in [0.5, 0.6) is 0 Å². The van der Waals surface area contributed by atoms with Crippen molar-refractivity contribution < 1.29 is 19.1 Å². The summed E-state index contributed by atoms with van der Waals surface area (Å²) in [6.07, 6.45) is 6.40. The first-order valence-electron chi connectivity index (χ1n) is 10.4. The van der Waals surface area contributed by atoms with E-state index in [2.05, 4.69) is 10.4 Å². The Kier molecular flexibility index (Phi) is 7.14. The third-order valence-corrected chi connectivity index (χ3v) is 5.78. The van der Waals surface area contributed by atoms with Crippen molar-refractivity contribution in [2.24, 2.45) is 7.05 Å². The highest BCUT2D eigenvalue weighted by molar-refractivity contribution is 7.13. The summed E-state index contributed by atoms with van der Waals surface area (Å²) >= 11 is 1.55. The standard InChI is InChI=1S/C25H22N4O4S/c1-28-13-5-9-20(28)25(32)26-22(30)17-33-23(31)12-11-19-16-29(15-18-7-3-2-4-8-18)27-24(19)21-10-6-14-34-21/h2-14,16H,15,17H2,1H3,(H,26,30,32). The normalized spacial score (nSPS) is 11.0. The van der Waals surface area contributed by atoms with Gasteiger partial charge in [-0.3, -0.25) is 19.6 Å². The molecule has 3 heterocycles. The number of carbonyl (C=O) groups is 3. The number of ether oxygens (including phenoxy) is 1. The van der Waals surface area contributed by atoms with Crippen LogP contribution in [-0.2, 0) is 27.9 Å². The number of esters is 1. The number of nitrogens with zero attached hydrogens (tertiary/aromatic N) is 3. The predicted octanol–water partition coefficient (Wildman–Crippen LogP) is 3.51. The zero-order valence-corrected chi connectivity index (χ0v) is 19.2. The van der Waals surface area contributed by atoms with E-state index < -0.39 is 24.4 Å². The maximum atomic E-state index is 12.2. The van der Waals surface area contributed by atoms with Crippen LogP contribution in [0.15, 0.2) is 78.4 Å². The van der Waals surface area contributed by atoms with E-state index in [0.717, 1.165) is 21.7 Å². The maximum absolute atomic E-state index is 12.2. The van der Waals surface area contributed by atoms with Gasteiger partial charge in [0, 0.05) is 31.1 Å². The molecule has 0 saturated heterocycles. The molecule has 0 fully saturated rings. The lowest BCUT2D eigenvalue weighted by atomic mass is 10.2. The van der Waals surface area contributed by atoms with Gasteiger partial charge in [0.05, 0.1) is 11.4 Å². The molecule has 0 radical (unpaired) electrons. The number of aromatic nitrogens is 3. The second kappa shape index (κ2) is 10.6. The van der Waals surface area contributed by atoms with Gasteiger partial charge < -0.3 is 9.30 Å². The summed E-state index contributed by atoms with van der Waals surface area (Å²) in [5.41, 5.74) is 2.93. The van der Waals surface area contributed by atoms with Gasteiger partial charge in [-0.1, -0.05) is 36.4 Å². The quantitative estimate of drug-likeness (QED) is 0.312. The monoisotopic (exact) mass is 474 g/mol. The fourth-order valence-corrected chi connectivity index (χ4v) is 4.01. The lowest BCUT2D eigenvalue weighted by Crippen LogP contribution is -2.34. The fraction of sp³-hybridized carbons (Fsp3) is 0.120. The molecule has 0 atom stereocenters. The first-order valence-corrected chi connectivity index (χ1v) is 11.3. The van der Waals surface area contributed by atoms with Crippen molar-refractivity contribution in [3.63, 3.8) is 0 Å². The Morgan fingerprint density at radius 1 is 1.09 bits per heavy atom. The smallest absolute Gasteiger partial charge is 0.331 e. The molecular weight excluding hydrogens is 452 g/mol. The van der Waals surface area contributed by atoms with Gasteiger partial charge in [-0.2, -0.15) is 5.10 Å². The Bertz CT molecular complexity index is 1320. The molecule has 8 nitrogen and oxygen atoms in total. The van der Waals surface area contributed by atoms with Crippen molar-refractivity contribution in [2.45, 2.75) is 6.54 Å². The van der Waals surface area contributed by atoms with Gasteiger partial charge >= 0.3 is 5.97 Å². The van der Waals surface area contributed by atoms with E-state index in [4.69, 9.17) is 4.74 Å². The molecule has 172 valence electrons. The summed E-state index contributed by atoms with van der Waals surface area (Å²) in [5.74, 6) is -1.96. The van der Waals surface area contributed by atoms with Gasteiger partial charge in [-0.05, 0) is 35.2 Å². The van der Waals surface area contributed by atoms with E-state index in [-0.39, 0.29) is 0 Å². The Balaban J connectivity index is 1.39. The van der Waals surface area contributed by atoms with Gasteiger partial charge in [0.2, 0.25) is 0 Å². The molecule has 1 aromatic carbocycles. The number of aryl methyl sites for hydroxylation is 1. The van der Waals surface area contributed by atoms with Crippen LogP contribution >= 0.6 is 11.3 Å². The van der Waals surface area contributed by atoms with E-state index in [1.807, 2.05) is 58.7 Å². The van der Waals surface area contributed by atoms with E-state index in [1.54, 1.807) is 47.4 Å². The molecule has 0 unspecified atom stereocenters. The predicted molar refractivity (Wildman–Crippen MR) is 129 cm³/mol. The third-order valence-electron chi connectivity index (χ3n) is 4.91. The number of rotatable bonds is 8. The summed E-state index contributed by atoms with van der Waals surface area (Å²) < 4.78 is 8.39. The van der Waals surface area contributed by atoms with Crippen molar-refractivity contribution in [1.29, 1.82) is 0 Å². The molecule has 0 aliphatic carbocycles. The van der Waals surface area contributed by atoms with Gasteiger partial charge in [0.25, 0.3) is 11.8 Å². The van der Waals surface area contributed by atoms with Crippen LogP contribution < -0.4 is 5.32 Å². The van der Waals surface area contributed by atoms with E-state index in [1.165, 1.54) is 6.08 Å². The van der Waals surface area contributed by atoms with E-state index in [9.17, 15) is 14.4 Å². The number of thiophene rings is 1. The van der Waals surface area contributed by atoms with Crippen LogP contribution in [0, 0.1) is 0 Å². The highest BCUT2D eigenvalue weighted by atomic mass is 32.1. The lowest BCUT2D eigenvalue weighted by molar-refractivity contribution is -0.143. The summed E-state index contributed by atoms with van der Waals surface area (Å²) in [6, 6.07) is 17.1. The minimum absolute atomic E-state index is 0.327. The van der Waals surface area contributed by atoms with Crippen LogP contribution in [0.1, 0.15) is 21.6 Å². The van der Waals surface area contributed by atoms with Gasteiger partial charge in [0.1, 0.15) is 11.4 Å². The molecule has 9 heteroatoms. The number of hydrogen-bond donors (Lipinski definition) is 1. The molecule has 0 aliphatic rings. The molecule has 0 bridgehead atoms. The van der Waals surface area contributed by atoms with Crippen LogP contribution in [0.4, 0.5) is 0 Å². The first kappa shape index (κ1) is 22.9. The van der Waals surface area contributed by atoms with E-state index in [0.29, 0.717) is 12.2 Å². The van der Waals surface area contributed by atoms with Crippen LogP contribution in [0.3, 0.4) is 0 Å². The van der Waals surface area contributed by atoms with Crippen LogP contribution in [0.25, 0.3) is 16.6 Å². The number of amides is 2. The molecule has 34 heavy (non-hydrogen) atoms. The van der Waals surface area contributed by atoms with Gasteiger partial charge in [-0.15, -0.1) is 11.3 Å².